The molecule has 0 fully saturated rings. The molecule has 25 heavy (non-hydrogen) atoms. The highest BCUT2D eigenvalue weighted by Crippen LogP contribution is 2.25. The van der Waals surface area contributed by atoms with Crippen LogP contribution in [-0.4, -0.2) is 14.6 Å². The van der Waals surface area contributed by atoms with E-state index in [9.17, 15) is 4.79 Å². The van der Waals surface area contributed by atoms with Crippen LogP contribution >= 0.6 is 11.3 Å². The van der Waals surface area contributed by atoms with E-state index in [0.717, 1.165) is 16.9 Å². The predicted octanol–water partition coefficient (Wildman–Crippen LogP) is 3.61. The molecule has 0 spiro atoms. The summed E-state index contributed by atoms with van der Waals surface area (Å²) in [4.78, 5) is 17.3. The van der Waals surface area contributed by atoms with Crippen LogP contribution in [0.4, 0.5) is 0 Å². The lowest BCUT2D eigenvalue weighted by atomic mass is 10.1. The third-order valence-corrected chi connectivity index (χ3v) is 4.73. The fraction of sp³-hybridized carbons (Fsp3) is 0.167. The van der Waals surface area contributed by atoms with Gasteiger partial charge in [0.25, 0.3) is 5.56 Å². The highest BCUT2D eigenvalue weighted by atomic mass is 32.1. The van der Waals surface area contributed by atoms with Crippen molar-refractivity contribution in [3.8, 4) is 16.5 Å². The Morgan fingerprint density at radius 3 is 2.72 bits per heavy atom. The summed E-state index contributed by atoms with van der Waals surface area (Å²) in [5.41, 5.74) is 2.44. The molecule has 0 N–H and O–H groups in total. The van der Waals surface area contributed by atoms with Crippen LogP contribution in [0, 0.1) is 13.8 Å². The van der Waals surface area contributed by atoms with Crippen molar-refractivity contribution in [3.63, 3.8) is 0 Å². The first-order chi connectivity index (χ1) is 12.1. The zero-order chi connectivity index (χ0) is 17.4. The van der Waals surface area contributed by atoms with Crippen molar-refractivity contribution in [1.82, 2.24) is 14.6 Å². The molecule has 6 nitrogen and oxygen atoms in total. The summed E-state index contributed by atoms with van der Waals surface area (Å²) >= 11 is 1.30. The van der Waals surface area contributed by atoms with E-state index in [1.807, 2.05) is 32.0 Å². The maximum atomic E-state index is 12.3. The van der Waals surface area contributed by atoms with E-state index < -0.39 is 0 Å². The number of aryl methyl sites for hydroxylation is 2. The van der Waals surface area contributed by atoms with Crippen molar-refractivity contribution in [1.29, 1.82) is 0 Å². The van der Waals surface area contributed by atoms with Gasteiger partial charge in [0.15, 0.2) is 10.8 Å². The Hall–Kier alpha value is -2.93. The van der Waals surface area contributed by atoms with Crippen LogP contribution in [0.3, 0.4) is 0 Å². The van der Waals surface area contributed by atoms with Crippen LogP contribution in [0.25, 0.3) is 15.7 Å². The second-order valence-corrected chi connectivity index (χ2v) is 6.63. The van der Waals surface area contributed by atoms with Gasteiger partial charge in [0.2, 0.25) is 4.96 Å². The normalized spacial score (nSPS) is 11.1. The quantitative estimate of drug-likeness (QED) is 0.560. The third-order valence-electron chi connectivity index (χ3n) is 3.80. The van der Waals surface area contributed by atoms with Crippen LogP contribution in [0.15, 0.2) is 51.9 Å². The highest BCUT2D eigenvalue weighted by molar-refractivity contribution is 7.19. The molecule has 1 aromatic carbocycles. The van der Waals surface area contributed by atoms with Crippen molar-refractivity contribution >= 4 is 16.3 Å². The van der Waals surface area contributed by atoms with Crippen molar-refractivity contribution in [2.75, 3.05) is 0 Å². The molecule has 0 radical (unpaired) electrons. The van der Waals surface area contributed by atoms with E-state index in [1.165, 1.54) is 21.9 Å². The lowest BCUT2D eigenvalue weighted by Crippen LogP contribution is -2.16. The first-order valence-corrected chi connectivity index (χ1v) is 8.56. The van der Waals surface area contributed by atoms with E-state index in [1.54, 1.807) is 18.4 Å². The van der Waals surface area contributed by atoms with E-state index in [2.05, 4.69) is 10.1 Å². The molecular formula is C18H15N3O3S. The Morgan fingerprint density at radius 2 is 2.00 bits per heavy atom. The molecule has 0 aliphatic heterocycles. The Kier molecular flexibility index (Phi) is 3.85. The molecule has 7 heteroatoms. The maximum Gasteiger partial charge on any atom is 0.275 e. The minimum absolute atomic E-state index is 0.228. The number of benzene rings is 1. The number of fused-ring (bicyclic) bond motifs is 1. The molecular weight excluding hydrogens is 338 g/mol. The van der Waals surface area contributed by atoms with Crippen LogP contribution in [0.1, 0.15) is 16.8 Å². The van der Waals surface area contributed by atoms with Gasteiger partial charge in [-0.25, -0.2) is 4.98 Å². The second-order valence-electron chi connectivity index (χ2n) is 5.67. The van der Waals surface area contributed by atoms with Crippen molar-refractivity contribution in [2.24, 2.45) is 0 Å². The van der Waals surface area contributed by atoms with Gasteiger partial charge < -0.3 is 9.15 Å². The molecule has 3 aromatic heterocycles. The van der Waals surface area contributed by atoms with Gasteiger partial charge in [-0.3, -0.25) is 4.79 Å². The second kappa shape index (κ2) is 6.18. The Morgan fingerprint density at radius 1 is 1.20 bits per heavy atom. The number of nitrogens with zero attached hydrogens (tertiary/aromatic N) is 3. The van der Waals surface area contributed by atoms with Crippen LogP contribution in [0.5, 0.6) is 5.75 Å². The molecule has 0 bridgehead atoms. The minimum Gasteiger partial charge on any atom is -0.487 e. The Labute approximate surface area is 147 Å². The van der Waals surface area contributed by atoms with Gasteiger partial charge in [-0.15, -0.1) is 5.10 Å². The number of para-hydroxylation sites is 1. The first kappa shape index (κ1) is 15.6. The molecule has 0 saturated carbocycles. The number of furan rings is 1. The monoisotopic (exact) mass is 353 g/mol. The summed E-state index contributed by atoms with van der Waals surface area (Å²) in [5, 5.41) is 4.88. The molecule has 4 aromatic rings. The predicted molar refractivity (Wildman–Crippen MR) is 95.1 cm³/mol. The van der Waals surface area contributed by atoms with Crippen molar-refractivity contribution in [3.05, 3.63) is 69.8 Å². The molecule has 0 amide bonds. The minimum atomic E-state index is -0.237. The lowest BCUT2D eigenvalue weighted by Gasteiger charge is -2.11. The van der Waals surface area contributed by atoms with Gasteiger partial charge in [0.1, 0.15) is 12.4 Å². The molecule has 0 saturated heterocycles. The number of rotatable bonds is 4. The van der Waals surface area contributed by atoms with Crippen LogP contribution in [-0.2, 0) is 6.61 Å². The van der Waals surface area contributed by atoms with E-state index >= 15 is 0 Å². The number of hydrogen-bond donors (Lipinski definition) is 0. The van der Waals surface area contributed by atoms with Crippen LogP contribution in [0.2, 0.25) is 0 Å². The van der Waals surface area contributed by atoms with Gasteiger partial charge in [0, 0.05) is 6.07 Å². The lowest BCUT2D eigenvalue weighted by molar-refractivity contribution is 0.297. The van der Waals surface area contributed by atoms with E-state index in [4.69, 9.17) is 9.15 Å². The summed E-state index contributed by atoms with van der Waals surface area (Å²) in [6, 6.07) is 11.0. The van der Waals surface area contributed by atoms with Crippen LogP contribution < -0.4 is 10.3 Å². The molecule has 126 valence electrons. The van der Waals surface area contributed by atoms with Gasteiger partial charge in [-0.2, -0.15) is 4.52 Å². The topological polar surface area (TPSA) is 69.6 Å². The summed E-state index contributed by atoms with van der Waals surface area (Å²) < 4.78 is 12.5. The Bertz CT molecular complexity index is 1080. The molecule has 4 rings (SSSR count). The molecule has 0 atom stereocenters. The van der Waals surface area contributed by atoms with Gasteiger partial charge in [-0.05, 0) is 37.1 Å². The SMILES string of the molecule is Cc1cccc(C)c1OCc1cc(=O)n2nc(-c3ccco3)sc2n1. The molecule has 0 aliphatic rings. The summed E-state index contributed by atoms with van der Waals surface area (Å²) in [5.74, 6) is 1.44. The zero-order valence-electron chi connectivity index (χ0n) is 13.7. The first-order valence-electron chi connectivity index (χ1n) is 7.74. The van der Waals surface area contributed by atoms with E-state index in [0.29, 0.717) is 21.4 Å². The van der Waals surface area contributed by atoms with Crippen molar-refractivity contribution in [2.45, 2.75) is 20.5 Å². The largest absolute Gasteiger partial charge is 0.487 e. The average molecular weight is 353 g/mol. The maximum absolute atomic E-state index is 12.3. The molecule has 3 heterocycles. The standard InChI is InChI=1S/C18H15N3O3S/c1-11-5-3-6-12(2)16(11)24-10-13-9-15(22)21-18(19-13)25-17(20-21)14-7-4-8-23-14/h3-9H,10H2,1-2H3. The van der Waals surface area contributed by atoms with Crippen molar-refractivity contribution < 1.29 is 9.15 Å². The van der Waals surface area contributed by atoms with Gasteiger partial charge >= 0.3 is 0 Å². The van der Waals surface area contributed by atoms with Gasteiger partial charge in [0.05, 0.1) is 12.0 Å². The number of ether oxygens (including phenoxy) is 1. The fourth-order valence-corrected chi connectivity index (χ4v) is 3.50. The summed E-state index contributed by atoms with van der Waals surface area (Å²) in [7, 11) is 0. The Balaban J connectivity index is 1.66. The highest BCUT2D eigenvalue weighted by Gasteiger charge is 2.13. The summed E-state index contributed by atoms with van der Waals surface area (Å²) in [6.07, 6.45) is 1.57. The smallest absolute Gasteiger partial charge is 0.275 e. The third kappa shape index (κ3) is 2.94. The van der Waals surface area contributed by atoms with E-state index in [-0.39, 0.29) is 12.2 Å². The number of aromatic nitrogens is 3. The molecule has 0 aliphatic carbocycles. The fourth-order valence-electron chi connectivity index (χ4n) is 2.60. The van der Waals surface area contributed by atoms with Gasteiger partial charge in [-0.1, -0.05) is 29.5 Å². The molecule has 0 unspecified atom stereocenters. The number of hydrogen-bond acceptors (Lipinski definition) is 6. The average Bonchev–Trinajstić information content (AvgIpc) is 3.23. The zero-order valence-corrected chi connectivity index (χ0v) is 14.5. The summed E-state index contributed by atoms with van der Waals surface area (Å²) in [6.45, 7) is 4.21.